The van der Waals surface area contributed by atoms with E-state index in [1.807, 2.05) is 41.5 Å². The van der Waals surface area contributed by atoms with Crippen molar-refractivity contribution in [3.8, 4) is 0 Å². The van der Waals surface area contributed by atoms with Crippen LogP contribution in [0.2, 0.25) is 0 Å². The van der Waals surface area contributed by atoms with E-state index in [-0.39, 0.29) is 23.9 Å². The lowest BCUT2D eigenvalue weighted by Gasteiger charge is -2.24. The minimum Gasteiger partial charge on any atom is -0.350 e. The highest BCUT2D eigenvalue weighted by molar-refractivity contribution is 5.91. The maximum Gasteiger partial charge on any atom is 0.246 e. The van der Waals surface area contributed by atoms with Gasteiger partial charge in [-0.3, -0.25) is 9.59 Å². The van der Waals surface area contributed by atoms with Crippen LogP contribution in [-0.4, -0.2) is 35.3 Å². The Kier molecular flexibility index (Phi) is 5.93. The smallest absolute Gasteiger partial charge is 0.246 e. The van der Waals surface area contributed by atoms with Crippen molar-refractivity contribution in [1.82, 2.24) is 10.2 Å². The van der Waals surface area contributed by atoms with E-state index in [4.69, 9.17) is 0 Å². The van der Waals surface area contributed by atoms with E-state index in [2.05, 4.69) is 5.32 Å². The Morgan fingerprint density at radius 3 is 2.12 bits per heavy atom. The fourth-order valence-corrected chi connectivity index (χ4v) is 1.31. The molecule has 0 aliphatic rings. The van der Waals surface area contributed by atoms with Gasteiger partial charge in [0.05, 0.1) is 6.54 Å². The van der Waals surface area contributed by atoms with E-state index in [1.165, 1.54) is 4.90 Å². The summed E-state index contributed by atoms with van der Waals surface area (Å²) in [5.41, 5.74) is 0.667. The summed E-state index contributed by atoms with van der Waals surface area (Å²) in [5.74, 6) is -0.244. The molecule has 0 aliphatic heterocycles. The lowest BCUT2D eigenvalue weighted by molar-refractivity contribution is -0.132. The van der Waals surface area contributed by atoms with Crippen LogP contribution in [0, 0.1) is 0 Å². The van der Waals surface area contributed by atoms with Crippen LogP contribution < -0.4 is 5.32 Å². The molecular weight excluding hydrogens is 216 g/mol. The van der Waals surface area contributed by atoms with E-state index in [0.29, 0.717) is 6.54 Å². The Hall–Kier alpha value is -1.32. The van der Waals surface area contributed by atoms with Crippen LogP contribution in [0.15, 0.2) is 11.6 Å². The first-order valence-corrected chi connectivity index (χ1v) is 5.90. The number of rotatable bonds is 4. The molecule has 0 atom stereocenters. The second-order valence-corrected chi connectivity index (χ2v) is 5.37. The first kappa shape index (κ1) is 15.7. The summed E-state index contributed by atoms with van der Waals surface area (Å²) in [6.07, 6.45) is 1.55. The zero-order valence-electron chi connectivity index (χ0n) is 11.8. The molecule has 0 unspecified atom stereocenters. The Morgan fingerprint density at radius 1 is 1.24 bits per heavy atom. The summed E-state index contributed by atoms with van der Waals surface area (Å²) < 4.78 is 0. The van der Waals surface area contributed by atoms with E-state index >= 15 is 0 Å². The van der Waals surface area contributed by atoms with Crippen molar-refractivity contribution in [2.45, 2.75) is 47.1 Å². The molecule has 4 nitrogen and oxygen atoms in total. The normalized spacial score (nSPS) is 10.7. The van der Waals surface area contributed by atoms with Crippen LogP contribution in [0.1, 0.15) is 41.5 Å². The third kappa shape index (κ3) is 7.55. The zero-order valence-corrected chi connectivity index (χ0v) is 11.8. The standard InChI is InChI=1S/C13H24N2O2/c1-7-15(12(17)8-10(2)3)9-11(16)14-13(4,5)6/h8H,7,9H2,1-6H3,(H,14,16). The van der Waals surface area contributed by atoms with Gasteiger partial charge in [-0.2, -0.15) is 0 Å². The minimum absolute atomic E-state index is 0.108. The lowest BCUT2D eigenvalue weighted by Crippen LogP contribution is -2.47. The van der Waals surface area contributed by atoms with Gasteiger partial charge in [0.2, 0.25) is 11.8 Å². The summed E-state index contributed by atoms with van der Waals surface area (Å²) >= 11 is 0. The van der Waals surface area contributed by atoms with Crippen molar-refractivity contribution in [2.24, 2.45) is 0 Å². The molecule has 0 aromatic rings. The van der Waals surface area contributed by atoms with Gasteiger partial charge in [0.25, 0.3) is 0 Å². The highest BCUT2D eigenvalue weighted by Crippen LogP contribution is 2.00. The van der Waals surface area contributed by atoms with Crippen molar-refractivity contribution in [3.63, 3.8) is 0 Å². The highest BCUT2D eigenvalue weighted by Gasteiger charge is 2.18. The van der Waals surface area contributed by atoms with E-state index in [9.17, 15) is 9.59 Å². The van der Waals surface area contributed by atoms with Gasteiger partial charge in [-0.25, -0.2) is 0 Å². The molecule has 1 N–H and O–H groups in total. The van der Waals surface area contributed by atoms with Gasteiger partial charge in [-0.15, -0.1) is 0 Å². The molecule has 0 aliphatic carbocycles. The van der Waals surface area contributed by atoms with Gasteiger partial charge in [-0.1, -0.05) is 5.57 Å². The van der Waals surface area contributed by atoms with Gasteiger partial charge >= 0.3 is 0 Å². The van der Waals surface area contributed by atoms with Gasteiger partial charge in [0, 0.05) is 18.2 Å². The summed E-state index contributed by atoms with van der Waals surface area (Å²) in [5, 5.41) is 2.84. The number of likely N-dealkylation sites (N-methyl/N-ethyl adjacent to an activating group) is 1. The molecule has 0 aromatic carbocycles. The maximum absolute atomic E-state index is 11.8. The van der Waals surface area contributed by atoms with Gasteiger partial charge in [0.15, 0.2) is 0 Å². The van der Waals surface area contributed by atoms with E-state index in [0.717, 1.165) is 5.57 Å². The van der Waals surface area contributed by atoms with Crippen molar-refractivity contribution in [2.75, 3.05) is 13.1 Å². The third-order valence-corrected chi connectivity index (χ3v) is 1.95. The summed E-state index contributed by atoms with van der Waals surface area (Å²) in [6, 6.07) is 0. The number of amides is 2. The van der Waals surface area contributed by atoms with Gasteiger partial charge < -0.3 is 10.2 Å². The molecule has 0 saturated heterocycles. The van der Waals surface area contributed by atoms with Crippen molar-refractivity contribution < 1.29 is 9.59 Å². The number of hydrogen-bond donors (Lipinski definition) is 1. The second kappa shape index (κ2) is 6.42. The molecule has 0 spiro atoms. The Balaban J connectivity index is 4.46. The fourth-order valence-electron chi connectivity index (χ4n) is 1.31. The SMILES string of the molecule is CCN(CC(=O)NC(C)(C)C)C(=O)C=C(C)C. The average molecular weight is 240 g/mol. The Bertz CT molecular complexity index is 310. The topological polar surface area (TPSA) is 49.4 Å². The van der Waals surface area contributed by atoms with Gasteiger partial charge in [-0.05, 0) is 41.5 Å². The summed E-state index contributed by atoms with van der Waals surface area (Å²) in [4.78, 5) is 25.0. The summed E-state index contributed by atoms with van der Waals surface area (Å²) in [6.45, 7) is 12.0. The zero-order chi connectivity index (χ0) is 13.6. The largest absolute Gasteiger partial charge is 0.350 e. The molecule has 0 radical (unpaired) electrons. The Labute approximate surface area is 104 Å². The van der Waals surface area contributed by atoms with Crippen molar-refractivity contribution in [1.29, 1.82) is 0 Å². The third-order valence-electron chi connectivity index (χ3n) is 1.95. The minimum atomic E-state index is -0.268. The van der Waals surface area contributed by atoms with E-state index < -0.39 is 0 Å². The maximum atomic E-state index is 11.8. The van der Waals surface area contributed by atoms with Crippen LogP contribution in [0.3, 0.4) is 0 Å². The number of carbonyl (C=O) groups excluding carboxylic acids is 2. The number of nitrogens with one attached hydrogen (secondary N) is 1. The molecule has 0 rings (SSSR count). The van der Waals surface area contributed by atoms with Crippen LogP contribution in [0.4, 0.5) is 0 Å². The van der Waals surface area contributed by atoms with E-state index in [1.54, 1.807) is 6.08 Å². The van der Waals surface area contributed by atoms with Crippen LogP contribution in [0.5, 0.6) is 0 Å². The lowest BCUT2D eigenvalue weighted by atomic mass is 10.1. The predicted octanol–water partition coefficient (Wildman–Crippen LogP) is 1.72. The van der Waals surface area contributed by atoms with Crippen LogP contribution >= 0.6 is 0 Å². The molecule has 0 heterocycles. The number of hydrogen-bond acceptors (Lipinski definition) is 2. The molecule has 17 heavy (non-hydrogen) atoms. The average Bonchev–Trinajstić information content (AvgIpc) is 2.09. The molecular formula is C13H24N2O2. The molecule has 0 bridgehead atoms. The molecule has 0 aromatic heterocycles. The highest BCUT2D eigenvalue weighted by atomic mass is 16.2. The number of allylic oxidation sites excluding steroid dienone is 1. The molecule has 98 valence electrons. The van der Waals surface area contributed by atoms with Gasteiger partial charge in [0.1, 0.15) is 0 Å². The Morgan fingerprint density at radius 2 is 1.76 bits per heavy atom. The monoisotopic (exact) mass is 240 g/mol. The molecule has 4 heteroatoms. The second-order valence-electron chi connectivity index (χ2n) is 5.37. The van der Waals surface area contributed by atoms with Crippen LogP contribution in [0.25, 0.3) is 0 Å². The molecule has 0 saturated carbocycles. The predicted molar refractivity (Wildman–Crippen MR) is 69.6 cm³/mol. The fraction of sp³-hybridized carbons (Fsp3) is 0.692. The number of carbonyl (C=O) groups is 2. The van der Waals surface area contributed by atoms with Crippen LogP contribution in [-0.2, 0) is 9.59 Å². The molecule has 2 amide bonds. The quantitative estimate of drug-likeness (QED) is 0.761. The molecule has 0 fully saturated rings. The number of nitrogens with zero attached hydrogens (tertiary/aromatic N) is 1. The summed E-state index contributed by atoms with van der Waals surface area (Å²) in [7, 11) is 0. The first-order valence-electron chi connectivity index (χ1n) is 5.90. The first-order chi connectivity index (χ1) is 7.65. The van der Waals surface area contributed by atoms with Crippen molar-refractivity contribution in [3.05, 3.63) is 11.6 Å². The van der Waals surface area contributed by atoms with Crippen molar-refractivity contribution >= 4 is 11.8 Å².